The molecule has 1 aliphatic heterocycles. The molecular formula is C12H11BrN4. The van der Waals surface area contributed by atoms with Crippen LogP contribution >= 0.6 is 15.9 Å². The van der Waals surface area contributed by atoms with E-state index in [-0.39, 0.29) is 0 Å². The van der Waals surface area contributed by atoms with Crippen LogP contribution in [0.2, 0.25) is 0 Å². The van der Waals surface area contributed by atoms with E-state index in [4.69, 9.17) is 0 Å². The van der Waals surface area contributed by atoms with Crippen LogP contribution in [0.5, 0.6) is 0 Å². The quantitative estimate of drug-likeness (QED) is 0.747. The maximum Gasteiger partial charge on any atom is 0.149 e. The lowest BCUT2D eigenvalue weighted by atomic mass is 10.2. The number of anilines is 1. The van der Waals surface area contributed by atoms with Gasteiger partial charge in [-0.15, -0.1) is 0 Å². The summed E-state index contributed by atoms with van der Waals surface area (Å²) in [7, 11) is 2.06. The molecule has 0 unspecified atom stereocenters. The van der Waals surface area contributed by atoms with Crippen LogP contribution in [-0.4, -0.2) is 29.2 Å². The SMILES string of the molecule is CN1CC(n2ccc(Br)n2)=Nc2ccccc21. The summed E-state index contributed by atoms with van der Waals surface area (Å²) in [4.78, 5) is 6.81. The van der Waals surface area contributed by atoms with E-state index in [2.05, 4.69) is 44.0 Å². The molecule has 17 heavy (non-hydrogen) atoms. The topological polar surface area (TPSA) is 33.4 Å². The lowest BCUT2D eigenvalue weighted by Gasteiger charge is -2.26. The smallest absolute Gasteiger partial charge is 0.149 e. The van der Waals surface area contributed by atoms with Gasteiger partial charge in [0, 0.05) is 13.2 Å². The van der Waals surface area contributed by atoms with E-state index in [1.807, 2.05) is 30.5 Å². The molecule has 0 aliphatic carbocycles. The third-order valence-electron chi connectivity index (χ3n) is 2.74. The lowest BCUT2D eigenvalue weighted by Crippen LogP contribution is -2.32. The molecule has 3 rings (SSSR count). The maximum atomic E-state index is 4.63. The van der Waals surface area contributed by atoms with Gasteiger partial charge in [-0.25, -0.2) is 9.67 Å². The number of rotatable bonds is 0. The van der Waals surface area contributed by atoms with E-state index >= 15 is 0 Å². The number of likely N-dealkylation sites (N-methyl/N-ethyl adjacent to an activating group) is 1. The number of aliphatic imine (C=N–C) groups is 1. The molecule has 0 fully saturated rings. The van der Waals surface area contributed by atoms with Crippen molar-refractivity contribution < 1.29 is 0 Å². The van der Waals surface area contributed by atoms with E-state index in [1.54, 1.807) is 4.68 Å². The van der Waals surface area contributed by atoms with Crippen molar-refractivity contribution in [1.29, 1.82) is 0 Å². The third-order valence-corrected chi connectivity index (χ3v) is 3.16. The predicted octanol–water partition coefficient (Wildman–Crippen LogP) is 2.67. The summed E-state index contributed by atoms with van der Waals surface area (Å²) in [5.41, 5.74) is 2.14. The Hall–Kier alpha value is -1.62. The van der Waals surface area contributed by atoms with Gasteiger partial charge in [0.15, 0.2) is 0 Å². The molecule has 1 aliphatic rings. The zero-order valence-electron chi connectivity index (χ0n) is 9.34. The van der Waals surface area contributed by atoms with Crippen LogP contribution in [0.25, 0.3) is 0 Å². The largest absolute Gasteiger partial charge is 0.365 e. The summed E-state index contributed by atoms with van der Waals surface area (Å²) >= 11 is 3.35. The normalized spacial score (nSPS) is 14.5. The van der Waals surface area contributed by atoms with Gasteiger partial charge in [0.1, 0.15) is 10.4 Å². The maximum absolute atomic E-state index is 4.63. The van der Waals surface area contributed by atoms with E-state index in [9.17, 15) is 0 Å². The minimum atomic E-state index is 0.755. The fourth-order valence-corrected chi connectivity index (χ4v) is 2.21. The van der Waals surface area contributed by atoms with E-state index in [0.717, 1.165) is 28.4 Å². The van der Waals surface area contributed by atoms with Gasteiger partial charge in [-0.1, -0.05) is 12.1 Å². The zero-order chi connectivity index (χ0) is 11.8. The number of nitrogens with zero attached hydrogens (tertiary/aromatic N) is 4. The van der Waals surface area contributed by atoms with Gasteiger partial charge in [0.2, 0.25) is 0 Å². The second kappa shape index (κ2) is 4.00. The van der Waals surface area contributed by atoms with Crippen LogP contribution in [0.3, 0.4) is 0 Å². The van der Waals surface area contributed by atoms with Crippen LogP contribution in [-0.2, 0) is 0 Å². The Morgan fingerprint density at radius 3 is 2.82 bits per heavy atom. The second-order valence-electron chi connectivity index (χ2n) is 3.96. The highest BCUT2D eigenvalue weighted by atomic mass is 79.9. The average molecular weight is 291 g/mol. The molecule has 5 heteroatoms. The Balaban J connectivity index is 2.07. The predicted molar refractivity (Wildman–Crippen MR) is 72.1 cm³/mol. The Bertz CT molecular complexity index is 588. The molecule has 0 N–H and O–H groups in total. The Morgan fingerprint density at radius 2 is 2.06 bits per heavy atom. The summed E-state index contributed by atoms with van der Waals surface area (Å²) in [5.74, 6) is 0.928. The van der Waals surface area contributed by atoms with Crippen LogP contribution in [0, 0.1) is 0 Å². The molecule has 0 spiro atoms. The molecule has 0 saturated carbocycles. The molecule has 0 atom stereocenters. The van der Waals surface area contributed by atoms with Gasteiger partial charge in [0.25, 0.3) is 0 Å². The van der Waals surface area contributed by atoms with E-state index in [0.29, 0.717) is 0 Å². The fourth-order valence-electron chi connectivity index (χ4n) is 1.92. The molecule has 1 aromatic heterocycles. The highest BCUT2D eigenvalue weighted by Gasteiger charge is 2.17. The Morgan fingerprint density at radius 1 is 1.24 bits per heavy atom. The van der Waals surface area contributed by atoms with Gasteiger partial charge in [-0.05, 0) is 34.1 Å². The standard InChI is InChI=1S/C12H11BrN4/c1-16-8-12(17-7-6-11(13)15-17)14-9-4-2-3-5-10(9)16/h2-7H,8H2,1H3. The van der Waals surface area contributed by atoms with Crippen molar-refractivity contribution in [3.63, 3.8) is 0 Å². The number of benzene rings is 1. The minimum Gasteiger partial charge on any atom is -0.365 e. The first-order valence-electron chi connectivity index (χ1n) is 5.33. The van der Waals surface area contributed by atoms with Crippen molar-refractivity contribution in [2.24, 2.45) is 4.99 Å². The number of hydrogen-bond donors (Lipinski definition) is 0. The zero-order valence-corrected chi connectivity index (χ0v) is 10.9. The third kappa shape index (κ3) is 1.86. The van der Waals surface area contributed by atoms with Crippen molar-refractivity contribution in [1.82, 2.24) is 9.78 Å². The van der Waals surface area contributed by atoms with E-state index in [1.165, 1.54) is 0 Å². The minimum absolute atomic E-state index is 0.755. The molecule has 2 heterocycles. The molecule has 86 valence electrons. The van der Waals surface area contributed by atoms with Crippen LogP contribution in [0.15, 0.2) is 46.1 Å². The second-order valence-corrected chi connectivity index (χ2v) is 4.77. The van der Waals surface area contributed by atoms with Gasteiger partial charge < -0.3 is 4.90 Å². The van der Waals surface area contributed by atoms with Crippen molar-refractivity contribution in [3.8, 4) is 0 Å². The Labute approximate surface area is 108 Å². The summed E-state index contributed by atoms with van der Waals surface area (Å²) in [6.45, 7) is 0.755. The number of hydrogen-bond acceptors (Lipinski definition) is 3. The fraction of sp³-hybridized carbons (Fsp3) is 0.167. The highest BCUT2D eigenvalue weighted by Crippen LogP contribution is 2.30. The number of fused-ring (bicyclic) bond motifs is 1. The lowest BCUT2D eigenvalue weighted by molar-refractivity contribution is 0.874. The van der Waals surface area contributed by atoms with Crippen LogP contribution in [0.4, 0.5) is 11.4 Å². The molecule has 0 amide bonds. The van der Waals surface area contributed by atoms with Crippen LogP contribution in [0.1, 0.15) is 0 Å². The summed E-state index contributed by atoms with van der Waals surface area (Å²) in [6.07, 6.45) is 1.91. The molecule has 0 radical (unpaired) electrons. The number of halogens is 1. The van der Waals surface area contributed by atoms with Crippen molar-refractivity contribution in [2.75, 3.05) is 18.5 Å². The molecule has 4 nitrogen and oxygen atoms in total. The number of para-hydroxylation sites is 2. The first kappa shape index (κ1) is 10.5. The average Bonchev–Trinajstić information content (AvgIpc) is 2.76. The Kier molecular flexibility index (Phi) is 2.48. The molecule has 2 aromatic rings. The highest BCUT2D eigenvalue weighted by molar-refractivity contribution is 9.10. The van der Waals surface area contributed by atoms with Crippen LogP contribution < -0.4 is 4.90 Å². The summed E-state index contributed by atoms with van der Waals surface area (Å²) < 4.78 is 2.62. The molecule has 0 saturated heterocycles. The first-order valence-corrected chi connectivity index (χ1v) is 6.12. The van der Waals surface area contributed by atoms with Crippen molar-refractivity contribution in [3.05, 3.63) is 41.1 Å². The summed E-state index contributed by atoms with van der Waals surface area (Å²) in [5, 5.41) is 4.32. The molecule has 1 aromatic carbocycles. The van der Waals surface area contributed by atoms with Gasteiger partial charge in [0.05, 0.1) is 17.9 Å². The van der Waals surface area contributed by atoms with Gasteiger partial charge >= 0.3 is 0 Å². The monoisotopic (exact) mass is 290 g/mol. The first-order chi connectivity index (χ1) is 8.24. The van der Waals surface area contributed by atoms with Crippen molar-refractivity contribution in [2.45, 2.75) is 0 Å². The summed E-state index contributed by atoms with van der Waals surface area (Å²) in [6, 6.07) is 10.0. The number of aromatic nitrogens is 2. The van der Waals surface area contributed by atoms with Gasteiger partial charge in [-0.2, -0.15) is 5.10 Å². The van der Waals surface area contributed by atoms with E-state index < -0.39 is 0 Å². The molecular weight excluding hydrogens is 280 g/mol. The van der Waals surface area contributed by atoms with Gasteiger partial charge in [-0.3, -0.25) is 0 Å². The molecule has 0 bridgehead atoms. The van der Waals surface area contributed by atoms with Crippen molar-refractivity contribution >= 4 is 33.1 Å².